The largest absolute Gasteiger partial charge is 0.383 e. The summed E-state index contributed by atoms with van der Waals surface area (Å²) in [6.07, 6.45) is -3.83. The molecule has 0 rings (SSSR count). The van der Waals surface area contributed by atoms with Crippen LogP contribution in [0.25, 0.3) is 0 Å². The molecule has 6 heteroatoms. The molecular weight excluding hydrogens is 202 g/mol. The minimum Gasteiger partial charge on any atom is -0.350 e. The number of amides is 1. The van der Waals surface area contributed by atoms with E-state index in [0.29, 0.717) is 0 Å². The average Bonchev–Trinajstić information content (AvgIpc) is 2.11. The highest BCUT2D eigenvalue weighted by Crippen LogP contribution is 2.22. The van der Waals surface area contributed by atoms with E-state index >= 15 is 0 Å². The molecule has 0 aromatic rings. The zero-order valence-electron chi connectivity index (χ0n) is 7.41. The molecule has 1 N–H and O–H groups in total. The monoisotopic (exact) mass is 211 g/mol. The first-order valence-electron chi connectivity index (χ1n) is 3.76. The zero-order chi connectivity index (χ0) is 11.2. The minimum absolute atomic E-state index is 0.154. The van der Waals surface area contributed by atoms with Gasteiger partial charge in [-0.15, -0.1) is 11.8 Å². The fourth-order valence-corrected chi connectivity index (χ4v) is 0.580. The molecule has 0 aliphatic heterocycles. The van der Waals surface area contributed by atoms with Crippen molar-refractivity contribution in [3.8, 4) is 11.8 Å². The van der Waals surface area contributed by atoms with E-state index in [-0.39, 0.29) is 13.0 Å². The van der Waals surface area contributed by atoms with Gasteiger partial charge >= 0.3 is 12.3 Å². The highest BCUT2D eigenvalue weighted by molar-refractivity contribution is 5.83. The molecule has 0 unspecified atom stereocenters. The van der Waals surface area contributed by atoms with Crippen LogP contribution in [-0.4, -0.2) is 24.8 Å². The molecule has 0 aromatic heterocycles. The minimum atomic E-state index is -4.63. The molecule has 0 saturated carbocycles. The first-order chi connectivity index (χ1) is 6.42. The zero-order valence-corrected chi connectivity index (χ0v) is 7.41. The molecular formula is C8H9F4NO. The molecule has 0 aromatic carbocycles. The predicted octanol–water partition coefficient (Wildman–Crippen LogP) is 1.42. The van der Waals surface area contributed by atoms with Gasteiger partial charge in [0.15, 0.2) is 0 Å². The number of halogens is 4. The third-order valence-electron chi connectivity index (χ3n) is 1.29. The fraction of sp³-hybridized carbons (Fsp3) is 0.625. The number of hydrogen-bond acceptors (Lipinski definition) is 1. The van der Waals surface area contributed by atoms with Crippen molar-refractivity contribution in [3.63, 3.8) is 0 Å². The quantitative estimate of drug-likeness (QED) is 0.425. The number of carbonyl (C=O) groups is 1. The van der Waals surface area contributed by atoms with Crippen LogP contribution in [0.15, 0.2) is 0 Å². The highest BCUT2D eigenvalue weighted by Gasteiger charge is 2.48. The van der Waals surface area contributed by atoms with Gasteiger partial charge in [0.25, 0.3) is 5.91 Å². The van der Waals surface area contributed by atoms with E-state index in [2.05, 4.69) is 11.8 Å². The van der Waals surface area contributed by atoms with E-state index in [4.69, 9.17) is 0 Å². The number of rotatable bonds is 4. The maximum absolute atomic E-state index is 12.3. The van der Waals surface area contributed by atoms with Crippen LogP contribution in [0.3, 0.4) is 0 Å². The summed E-state index contributed by atoms with van der Waals surface area (Å²) in [4.78, 5) is 10.5. The van der Waals surface area contributed by atoms with E-state index in [9.17, 15) is 22.4 Å². The third kappa shape index (κ3) is 3.64. The highest BCUT2D eigenvalue weighted by atomic mass is 19.3. The first-order valence-corrected chi connectivity index (χ1v) is 3.76. The summed E-state index contributed by atoms with van der Waals surface area (Å²) in [5.74, 6) is -1.64. The number of nitrogens with one attached hydrogen (secondary N) is 1. The SMILES string of the molecule is CC#CCCNC(=O)C(F)(F)C(F)F. The van der Waals surface area contributed by atoms with Crippen LogP contribution in [0.5, 0.6) is 0 Å². The van der Waals surface area contributed by atoms with Gasteiger partial charge in [-0.2, -0.15) is 8.78 Å². The second kappa shape index (κ2) is 5.47. The molecule has 0 heterocycles. The second-order valence-corrected chi connectivity index (χ2v) is 2.36. The third-order valence-corrected chi connectivity index (χ3v) is 1.29. The average molecular weight is 211 g/mol. The van der Waals surface area contributed by atoms with Gasteiger partial charge in [0.1, 0.15) is 0 Å². The van der Waals surface area contributed by atoms with Crippen molar-refractivity contribution >= 4 is 5.91 Å². The van der Waals surface area contributed by atoms with E-state index in [1.807, 2.05) is 0 Å². The topological polar surface area (TPSA) is 29.1 Å². The number of carbonyl (C=O) groups excluding carboxylic acids is 1. The van der Waals surface area contributed by atoms with E-state index < -0.39 is 18.3 Å². The molecule has 0 radical (unpaired) electrons. The van der Waals surface area contributed by atoms with Crippen molar-refractivity contribution in [2.45, 2.75) is 25.7 Å². The molecule has 0 aliphatic rings. The van der Waals surface area contributed by atoms with Crippen LogP contribution in [-0.2, 0) is 4.79 Å². The van der Waals surface area contributed by atoms with Gasteiger partial charge in [-0.05, 0) is 6.92 Å². The van der Waals surface area contributed by atoms with Gasteiger partial charge < -0.3 is 5.32 Å². The molecule has 14 heavy (non-hydrogen) atoms. The summed E-state index contributed by atoms with van der Waals surface area (Å²) < 4.78 is 47.7. The van der Waals surface area contributed by atoms with Crippen molar-refractivity contribution in [1.29, 1.82) is 0 Å². The maximum atomic E-state index is 12.3. The Kier molecular flexibility index (Phi) is 4.99. The molecule has 0 bridgehead atoms. The summed E-state index contributed by atoms with van der Waals surface area (Å²) >= 11 is 0. The summed E-state index contributed by atoms with van der Waals surface area (Å²) in [5.41, 5.74) is 0. The Hall–Kier alpha value is -1.25. The smallest absolute Gasteiger partial charge is 0.350 e. The summed E-state index contributed by atoms with van der Waals surface area (Å²) in [6.45, 7) is 1.37. The molecule has 0 saturated heterocycles. The fourth-order valence-electron chi connectivity index (χ4n) is 0.580. The van der Waals surface area contributed by atoms with Crippen LogP contribution < -0.4 is 5.32 Å². The Labute approximate surface area is 78.7 Å². The molecule has 1 amide bonds. The molecule has 2 nitrogen and oxygen atoms in total. The number of hydrogen-bond donors (Lipinski definition) is 1. The summed E-state index contributed by atoms with van der Waals surface area (Å²) in [7, 11) is 0. The van der Waals surface area contributed by atoms with Gasteiger partial charge in [0, 0.05) is 13.0 Å². The molecule has 0 aliphatic carbocycles. The summed E-state index contributed by atoms with van der Waals surface area (Å²) in [6, 6.07) is 0. The molecule has 0 atom stereocenters. The maximum Gasteiger partial charge on any atom is 0.383 e. The normalized spacial score (nSPS) is 10.7. The Bertz CT molecular complexity index is 254. The Balaban J connectivity index is 4.00. The standard InChI is InChI=1S/C8H9F4NO/c1-2-3-4-5-13-7(14)8(11,12)6(9)10/h6H,4-5H2,1H3,(H,13,14). The van der Waals surface area contributed by atoms with E-state index in [1.165, 1.54) is 6.92 Å². The molecule has 0 fully saturated rings. The predicted molar refractivity (Wildman–Crippen MR) is 42.0 cm³/mol. The molecule has 80 valence electrons. The van der Waals surface area contributed by atoms with Gasteiger partial charge in [-0.25, -0.2) is 8.78 Å². The first kappa shape index (κ1) is 12.8. The lowest BCUT2D eigenvalue weighted by molar-refractivity contribution is -0.169. The summed E-state index contributed by atoms with van der Waals surface area (Å²) in [5, 5.41) is 1.67. The Morgan fingerprint density at radius 2 is 2.07 bits per heavy atom. The van der Waals surface area contributed by atoms with Crippen molar-refractivity contribution in [2.75, 3.05) is 6.54 Å². The van der Waals surface area contributed by atoms with Crippen LogP contribution in [0.1, 0.15) is 13.3 Å². The lowest BCUT2D eigenvalue weighted by Crippen LogP contribution is -2.45. The Morgan fingerprint density at radius 3 is 2.50 bits per heavy atom. The van der Waals surface area contributed by atoms with E-state index in [1.54, 1.807) is 5.32 Å². The van der Waals surface area contributed by atoms with Gasteiger partial charge in [0.2, 0.25) is 0 Å². The van der Waals surface area contributed by atoms with Gasteiger partial charge in [0.05, 0.1) is 0 Å². The number of alkyl halides is 4. The van der Waals surface area contributed by atoms with Crippen molar-refractivity contribution in [2.24, 2.45) is 0 Å². The lowest BCUT2D eigenvalue weighted by atomic mass is 10.3. The van der Waals surface area contributed by atoms with Crippen LogP contribution in [0.2, 0.25) is 0 Å². The molecule has 0 spiro atoms. The second-order valence-electron chi connectivity index (χ2n) is 2.36. The van der Waals surface area contributed by atoms with Crippen molar-refractivity contribution < 1.29 is 22.4 Å². The van der Waals surface area contributed by atoms with Crippen LogP contribution in [0, 0.1) is 11.8 Å². The Morgan fingerprint density at radius 1 is 1.50 bits per heavy atom. The van der Waals surface area contributed by atoms with Crippen LogP contribution in [0.4, 0.5) is 17.6 Å². The van der Waals surface area contributed by atoms with Crippen molar-refractivity contribution in [3.05, 3.63) is 0 Å². The van der Waals surface area contributed by atoms with E-state index in [0.717, 1.165) is 0 Å². The van der Waals surface area contributed by atoms with Crippen molar-refractivity contribution in [1.82, 2.24) is 5.32 Å². The van der Waals surface area contributed by atoms with Crippen LogP contribution >= 0.6 is 0 Å². The lowest BCUT2D eigenvalue weighted by Gasteiger charge is -2.13. The van der Waals surface area contributed by atoms with Gasteiger partial charge in [-0.1, -0.05) is 0 Å². The van der Waals surface area contributed by atoms with Gasteiger partial charge in [-0.3, -0.25) is 4.79 Å².